The summed E-state index contributed by atoms with van der Waals surface area (Å²) in [4.78, 5) is 16.8. The molecule has 0 aliphatic carbocycles. The minimum absolute atomic E-state index is 0.259. The number of anilines is 3. The van der Waals surface area contributed by atoms with E-state index in [4.69, 9.17) is 9.47 Å². The summed E-state index contributed by atoms with van der Waals surface area (Å²) in [5.74, 6) is 1.12. The van der Waals surface area contributed by atoms with E-state index in [1.54, 1.807) is 26.5 Å². The number of carbonyl (C=O) groups is 1. The maximum absolute atomic E-state index is 12.6. The maximum atomic E-state index is 12.6. The number of ether oxygens (including phenoxy) is 2. The van der Waals surface area contributed by atoms with Crippen molar-refractivity contribution in [2.24, 2.45) is 0 Å². The van der Waals surface area contributed by atoms with Gasteiger partial charge in [0, 0.05) is 11.9 Å². The molecule has 2 N–H and O–H groups in total. The van der Waals surface area contributed by atoms with Crippen LogP contribution < -0.4 is 20.1 Å². The van der Waals surface area contributed by atoms with Crippen LogP contribution in [0.1, 0.15) is 15.9 Å². The maximum Gasteiger partial charge on any atom is 0.257 e. The van der Waals surface area contributed by atoms with Gasteiger partial charge in [0.1, 0.15) is 11.5 Å². The highest BCUT2D eigenvalue weighted by Crippen LogP contribution is 2.26. The molecule has 0 aliphatic rings. The molecule has 0 fully saturated rings. The van der Waals surface area contributed by atoms with E-state index < -0.39 is 0 Å². The van der Waals surface area contributed by atoms with E-state index in [0.717, 1.165) is 17.0 Å². The smallest absolute Gasteiger partial charge is 0.257 e. The van der Waals surface area contributed by atoms with E-state index in [1.807, 2.05) is 49.4 Å². The van der Waals surface area contributed by atoms with Gasteiger partial charge in [-0.3, -0.25) is 9.78 Å². The average Bonchev–Trinajstić information content (AvgIpc) is 2.69. The van der Waals surface area contributed by atoms with Crippen LogP contribution in [0, 0.1) is 6.92 Å². The highest BCUT2D eigenvalue weighted by atomic mass is 16.5. The summed E-state index contributed by atoms with van der Waals surface area (Å²) in [6.45, 7) is 1.95. The first kappa shape index (κ1) is 18.3. The van der Waals surface area contributed by atoms with Gasteiger partial charge < -0.3 is 20.1 Å². The summed E-state index contributed by atoms with van der Waals surface area (Å²) in [6.07, 6.45) is 3.19. The monoisotopic (exact) mass is 363 g/mol. The lowest BCUT2D eigenvalue weighted by Crippen LogP contribution is -2.13. The van der Waals surface area contributed by atoms with Crippen LogP contribution in [-0.2, 0) is 0 Å². The van der Waals surface area contributed by atoms with E-state index in [1.165, 1.54) is 6.20 Å². The van der Waals surface area contributed by atoms with Gasteiger partial charge in [-0.05, 0) is 55.0 Å². The first-order chi connectivity index (χ1) is 13.1. The number of pyridine rings is 1. The summed E-state index contributed by atoms with van der Waals surface area (Å²) in [5, 5.41) is 6.10. The molecule has 1 amide bonds. The van der Waals surface area contributed by atoms with Gasteiger partial charge in [-0.25, -0.2) is 0 Å². The normalized spacial score (nSPS) is 10.2. The Morgan fingerprint density at radius 3 is 2.41 bits per heavy atom. The van der Waals surface area contributed by atoms with Crippen LogP contribution in [0.4, 0.5) is 17.1 Å². The summed E-state index contributed by atoms with van der Waals surface area (Å²) < 4.78 is 10.5. The molecule has 0 saturated carbocycles. The van der Waals surface area contributed by atoms with Gasteiger partial charge in [-0.15, -0.1) is 0 Å². The number of aryl methyl sites for hydroxylation is 1. The lowest BCUT2D eigenvalue weighted by atomic mass is 10.2. The molecule has 138 valence electrons. The number of amides is 1. The molecule has 3 aromatic rings. The predicted octanol–water partition coefficient (Wildman–Crippen LogP) is 4.40. The molecule has 0 radical (unpaired) electrons. The van der Waals surface area contributed by atoms with Crippen molar-refractivity contribution in [2.45, 2.75) is 6.92 Å². The third-order valence-electron chi connectivity index (χ3n) is 3.98. The molecule has 3 rings (SSSR count). The average molecular weight is 363 g/mol. The molecule has 0 bridgehead atoms. The van der Waals surface area contributed by atoms with E-state index in [2.05, 4.69) is 15.6 Å². The molecule has 27 heavy (non-hydrogen) atoms. The third-order valence-corrected chi connectivity index (χ3v) is 3.98. The Morgan fingerprint density at radius 1 is 0.926 bits per heavy atom. The number of nitrogens with one attached hydrogen (secondary N) is 2. The number of rotatable bonds is 6. The molecule has 1 aromatic heterocycles. The topological polar surface area (TPSA) is 72.5 Å². The van der Waals surface area contributed by atoms with Crippen molar-refractivity contribution < 1.29 is 14.3 Å². The Kier molecular flexibility index (Phi) is 5.56. The van der Waals surface area contributed by atoms with Crippen LogP contribution in [-0.4, -0.2) is 25.1 Å². The number of methoxy groups -OCH3 is 2. The second-order valence-corrected chi connectivity index (χ2v) is 5.97. The molecule has 1 heterocycles. The second-order valence-electron chi connectivity index (χ2n) is 5.97. The molecule has 0 unspecified atom stereocenters. The SMILES string of the molecule is COc1ccc(Nc2cncc(C(=O)Nc3cc(C)ccc3OC)c2)cc1. The van der Waals surface area contributed by atoms with Crippen LogP contribution in [0.2, 0.25) is 0 Å². The third kappa shape index (κ3) is 4.55. The summed E-state index contributed by atoms with van der Waals surface area (Å²) in [6, 6.07) is 14.9. The first-order valence-corrected chi connectivity index (χ1v) is 8.41. The first-order valence-electron chi connectivity index (χ1n) is 8.41. The molecule has 0 spiro atoms. The molecule has 6 nitrogen and oxygen atoms in total. The number of nitrogens with zero attached hydrogens (tertiary/aromatic N) is 1. The molecular formula is C21H21N3O3. The fraction of sp³-hybridized carbons (Fsp3) is 0.143. The summed E-state index contributed by atoms with van der Waals surface area (Å²) in [5.41, 5.74) is 3.67. The van der Waals surface area contributed by atoms with Gasteiger partial charge in [-0.1, -0.05) is 6.07 Å². The van der Waals surface area contributed by atoms with Gasteiger partial charge in [0.15, 0.2) is 0 Å². The Bertz CT molecular complexity index is 940. The Hall–Kier alpha value is -3.54. The van der Waals surface area contributed by atoms with Crippen LogP contribution in [0.15, 0.2) is 60.9 Å². The van der Waals surface area contributed by atoms with Crippen LogP contribution in [0.25, 0.3) is 0 Å². The Labute approximate surface area is 158 Å². The summed E-state index contributed by atoms with van der Waals surface area (Å²) in [7, 11) is 3.19. The number of hydrogen-bond acceptors (Lipinski definition) is 5. The summed E-state index contributed by atoms with van der Waals surface area (Å²) >= 11 is 0. The van der Waals surface area contributed by atoms with Gasteiger partial charge >= 0.3 is 0 Å². The van der Waals surface area contributed by atoms with Crippen molar-refractivity contribution in [3.63, 3.8) is 0 Å². The largest absolute Gasteiger partial charge is 0.497 e. The van der Waals surface area contributed by atoms with Crippen LogP contribution >= 0.6 is 0 Å². The standard InChI is InChI=1S/C21H21N3O3/c1-14-4-9-20(27-3)19(10-14)24-21(25)15-11-17(13-22-12-15)23-16-5-7-18(26-2)8-6-16/h4-13,23H,1-3H3,(H,24,25). The van der Waals surface area contributed by atoms with Crippen LogP contribution in [0.5, 0.6) is 11.5 Å². The quantitative estimate of drug-likeness (QED) is 0.679. The van der Waals surface area contributed by atoms with Gasteiger partial charge in [0.2, 0.25) is 0 Å². The van der Waals surface area contributed by atoms with E-state index in [9.17, 15) is 4.79 Å². The second kappa shape index (κ2) is 8.23. The highest BCUT2D eigenvalue weighted by Gasteiger charge is 2.11. The van der Waals surface area contributed by atoms with E-state index >= 15 is 0 Å². The lowest BCUT2D eigenvalue weighted by molar-refractivity contribution is 0.102. The molecule has 6 heteroatoms. The molecule has 0 saturated heterocycles. The zero-order valence-corrected chi connectivity index (χ0v) is 15.4. The number of aromatic nitrogens is 1. The fourth-order valence-corrected chi connectivity index (χ4v) is 2.59. The molecule has 2 aromatic carbocycles. The highest BCUT2D eigenvalue weighted by molar-refractivity contribution is 6.05. The Balaban J connectivity index is 1.76. The zero-order chi connectivity index (χ0) is 19.2. The molecular weight excluding hydrogens is 342 g/mol. The minimum atomic E-state index is -0.259. The van der Waals surface area contributed by atoms with Crippen molar-refractivity contribution in [1.29, 1.82) is 0 Å². The predicted molar refractivity (Wildman–Crippen MR) is 106 cm³/mol. The zero-order valence-electron chi connectivity index (χ0n) is 15.4. The van der Waals surface area contributed by atoms with Gasteiger partial charge in [-0.2, -0.15) is 0 Å². The Morgan fingerprint density at radius 2 is 1.70 bits per heavy atom. The van der Waals surface area contributed by atoms with Crippen molar-refractivity contribution in [1.82, 2.24) is 4.98 Å². The van der Waals surface area contributed by atoms with Crippen molar-refractivity contribution in [3.8, 4) is 11.5 Å². The molecule has 0 atom stereocenters. The number of hydrogen-bond donors (Lipinski definition) is 2. The van der Waals surface area contributed by atoms with E-state index in [-0.39, 0.29) is 5.91 Å². The number of carbonyl (C=O) groups excluding carboxylic acids is 1. The van der Waals surface area contributed by atoms with Gasteiger partial charge in [0.25, 0.3) is 5.91 Å². The lowest BCUT2D eigenvalue weighted by Gasteiger charge is -2.12. The molecule has 0 aliphatic heterocycles. The van der Waals surface area contributed by atoms with Crippen molar-refractivity contribution in [3.05, 3.63) is 72.1 Å². The minimum Gasteiger partial charge on any atom is -0.497 e. The van der Waals surface area contributed by atoms with Crippen molar-refractivity contribution >= 4 is 23.0 Å². The fourth-order valence-electron chi connectivity index (χ4n) is 2.59. The van der Waals surface area contributed by atoms with Gasteiger partial charge in [0.05, 0.1) is 37.4 Å². The van der Waals surface area contributed by atoms with E-state index in [0.29, 0.717) is 22.7 Å². The van der Waals surface area contributed by atoms with Crippen LogP contribution in [0.3, 0.4) is 0 Å². The number of benzene rings is 2. The van der Waals surface area contributed by atoms with Crippen molar-refractivity contribution in [2.75, 3.05) is 24.9 Å².